The highest BCUT2D eigenvalue weighted by atomic mass is 19.1. The van der Waals surface area contributed by atoms with Gasteiger partial charge in [-0.25, -0.2) is 0 Å². The minimum absolute atomic E-state index is 0.438. The summed E-state index contributed by atoms with van der Waals surface area (Å²) < 4.78 is 29.5. The van der Waals surface area contributed by atoms with Crippen LogP contribution in [0.15, 0.2) is 0 Å². The van der Waals surface area contributed by atoms with Crippen LogP contribution < -0.4 is 0 Å². The van der Waals surface area contributed by atoms with E-state index < -0.39 is 7.40 Å². The standard InChI is InChI=1S/2C5H12O2.BFH2O2/c2*1-3-6-5-7-4-2;2-1(3)4/h2*3-5H2,1-2H3;3-4H. The van der Waals surface area contributed by atoms with Gasteiger partial charge in [-0.3, -0.25) is 4.32 Å². The third kappa shape index (κ3) is 57.0. The molecular formula is C10H26BFO6. The molecule has 112 valence electrons. The predicted octanol–water partition coefficient (Wildman–Crippen LogP) is 0.959. The van der Waals surface area contributed by atoms with Crippen molar-refractivity contribution in [1.82, 2.24) is 0 Å². The summed E-state index contributed by atoms with van der Waals surface area (Å²) in [5, 5.41) is 13.9. The van der Waals surface area contributed by atoms with E-state index in [0.29, 0.717) is 13.6 Å². The average Bonchev–Trinajstić information content (AvgIpc) is 2.31. The smallest absolute Gasteiger partial charge is 0.398 e. The van der Waals surface area contributed by atoms with Crippen molar-refractivity contribution in [2.24, 2.45) is 0 Å². The van der Waals surface area contributed by atoms with Crippen molar-refractivity contribution in [3.05, 3.63) is 0 Å². The summed E-state index contributed by atoms with van der Waals surface area (Å²) in [5.74, 6) is 0. The molecule has 6 nitrogen and oxygen atoms in total. The molecule has 0 atom stereocenters. The lowest BCUT2D eigenvalue weighted by Gasteiger charge is -1.97. The Morgan fingerprint density at radius 1 is 0.722 bits per heavy atom. The van der Waals surface area contributed by atoms with Crippen LogP contribution in [0.3, 0.4) is 0 Å². The van der Waals surface area contributed by atoms with Gasteiger partial charge < -0.3 is 29.0 Å². The van der Waals surface area contributed by atoms with E-state index in [1.165, 1.54) is 0 Å². The largest absolute Gasteiger partial charge is 0.674 e. The summed E-state index contributed by atoms with van der Waals surface area (Å²) in [7, 11) is -2.67. The normalized spacial score (nSPS) is 8.83. The summed E-state index contributed by atoms with van der Waals surface area (Å²) in [4.78, 5) is 0. The molecule has 18 heavy (non-hydrogen) atoms. The van der Waals surface area contributed by atoms with Crippen molar-refractivity contribution >= 4 is 7.40 Å². The lowest BCUT2D eigenvalue weighted by Crippen LogP contribution is -1.98. The molecule has 0 aliphatic rings. The van der Waals surface area contributed by atoms with Crippen LogP contribution in [0.4, 0.5) is 4.32 Å². The summed E-state index contributed by atoms with van der Waals surface area (Å²) in [6.07, 6.45) is 0. The Morgan fingerprint density at radius 2 is 0.889 bits per heavy atom. The molecule has 8 heteroatoms. The van der Waals surface area contributed by atoms with Crippen molar-refractivity contribution in [3.63, 3.8) is 0 Å². The topological polar surface area (TPSA) is 77.4 Å². The number of ether oxygens (including phenoxy) is 4. The fraction of sp³-hybridized carbons (Fsp3) is 1.00. The zero-order valence-corrected chi connectivity index (χ0v) is 11.7. The second-order valence-corrected chi connectivity index (χ2v) is 2.52. The molecule has 0 amide bonds. The van der Waals surface area contributed by atoms with E-state index >= 15 is 0 Å². The van der Waals surface area contributed by atoms with Crippen LogP contribution in [0.1, 0.15) is 27.7 Å². The molecule has 0 fully saturated rings. The van der Waals surface area contributed by atoms with E-state index in [4.69, 9.17) is 29.0 Å². The first-order valence-corrected chi connectivity index (χ1v) is 5.87. The molecule has 0 aromatic heterocycles. The lowest BCUT2D eigenvalue weighted by molar-refractivity contribution is -0.0447. The molecular weight excluding hydrogens is 246 g/mol. The lowest BCUT2D eigenvalue weighted by atomic mass is 10.3. The number of halogens is 1. The molecule has 0 aliphatic heterocycles. The molecule has 0 unspecified atom stereocenters. The van der Waals surface area contributed by atoms with Gasteiger partial charge in [0.15, 0.2) is 0 Å². The monoisotopic (exact) mass is 272 g/mol. The minimum Gasteiger partial charge on any atom is -0.398 e. The van der Waals surface area contributed by atoms with Gasteiger partial charge in [0.05, 0.1) is 0 Å². The molecule has 0 spiro atoms. The van der Waals surface area contributed by atoms with Gasteiger partial charge in [0.25, 0.3) is 0 Å². The van der Waals surface area contributed by atoms with E-state index in [1.54, 1.807) is 0 Å². The summed E-state index contributed by atoms with van der Waals surface area (Å²) in [6.45, 7) is 11.6. The van der Waals surface area contributed by atoms with Crippen LogP contribution in [0, 0.1) is 0 Å². The molecule has 0 radical (unpaired) electrons. The van der Waals surface area contributed by atoms with Crippen LogP contribution in [0.2, 0.25) is 0 Å². The number of hydrogen-bond donors (Lipinski definition) is 2. The first-order valence-electron chi connectivity index (χ1n) is 5.87. The van der Waals surface area contributed by atoms with Gasteiger partial charge >= 0.3 is 7.40 Å². The maximum atomic E-state index is 10.1. The molecule has 2 N–H and O–H groups in total. The van der Waals surface area contributed by atoms with Crippen LogP contribution >= 0.6 is 0 Å². The van der Waals surface area contributed by atoms with Crippen molar-refractivity contribution in [2.75, 3.05) is 40.0 Å². The van der Waals surface area contributed by atoms with Crippen molar-refractivity contribution in [2.45, 2.75) is 27.7 Å². The van der Waals surface area contributed by atoms with E-state index in [1.807, 2.05) is 27.7 Å². The fourth-order valence-corrected chi connectivity index (χ4v) is 0.451. The highest BCUT2D eigenvalue weighted by Crippen LogP contribution is 1.74. The summed E-state index contributed by atoms with van der Waals surface area (Å²) in [5.41, 5.74) is 0. The van der Waals surface area contributed by atoms with E-state index in [0.717, 1.165) is 26.4 Å². The van der Waals surface area contributed by atoms with Crippen LogP contribution in [0.25, 0.3) is 0 Å². The third-order valence-electron chi connectivity index (χ3n) is 1.15. The molecule has 0 bridgehead atoms. The molecule has 0 saturated carbocycles. The van der Waals surface area contributed by atoms with Crippen molar-refractivity contribution < 1.29 is 33.3 Å². The fourth-order valence-electron chi connectivity index (χ4n) is 0.451. The van der Waals surface area contributed by atoms with Gasteiger partial charge in [-0.05, 0) is 27.7 Å². The highest BCUT2D eigenvalue weighted by Gasteiger charge is 1.97. The van der Waals surface area contributed by atoms with E-state index in [9.17, 15) is 4.32 Å². The second-order valence-electron chi connectivity index (χ2n) is 2.52. The van der Waals surface area contributed by atoms with Gasteiger partial charge in [0, 0.05) is 26.4 Å². The molecule has 0 aliphatic carbocycles. The molecule has 0 rings (SSSR count). The second kappa shape index (κ2) is 25.6. The van der Waals surface area contributed by atoms with Crippen LogP contribution in [0.5, 0.6) is 0 Å². The molecule has 0 saturated heterocycles. The maximum Gasteiger partial charge on any atom is 0.674 e. The van der Waals surface area contributed by atoms with Crippen molar-refractivity contribution in [1.29, 1.82) is 0 Å². The molecule has 0 aromatic rings. The number of rotatable bonds is 8. The predicted molar refractivity (Wildman–Crippen MR) is 67.5 cm³/mol. The Balaban J connectivity index is -0.000000196. The van der Waals surface area contributed by atoms with E-state index in [2.05, 4.69) is 0 Å². The van der Waals surface area contributed by atoms with Gasteiger partial charge in [-0.2, -0.15) is 0 Å². The SMILES string of the molecule is CCOCOCC.CCOCOCC.OB(O)F. The van der Waals surface area contributed by atoms with Crippen molar-refractivity contribution in [3.8, 4) is 0 Å². The average molecular weight is 272 g/mol. The molecule has 0 aromatic carbocycles. The third-order valence-corrected chi connectivity index (χ3v) is 1.15. The van der Waals surface area contributed by atoms with Gasteiger partial charge in [-0.1, -0.05) is 0 Å². The summed E-state index contributed by atoms with van der Waals surface area (Å²) in [6, 6.07) is 0. The maximum absolute atomic E-state index is 10.1. The number of hydrogen-bond acceptors (Lipinski definition) is 6. The van der Waals surface area contributed by atoms with Gasteiger partial charge in [0.1, 0.15) is 13.6 Å². The van der Waals surface area contributed by atoms with Gasteiger partial charge in [-0.15, -0.1) is 0 Å². The Bertz CT molecular complexity index is 99.8. The highest BCUT2D eigenvalue weighted by molar-refractivity contribution is 6.31. The zero-order chi connectivity index (χ0) is 14.6. The quantitative estimate of drug-likeness (QED) is 0.389. The molecule has 0 heterocycles. The van der Waals surface area contributed by atoms with Crippen LogP contribution in [-0.4, -0.2) is 57.5 Å². The first kappa shape index (κ1) is 22.9. The van der Waals surface area contributed by atoms with Crippen LogP contribution in [-0.2, 0) is 18.9 Å². The zero-order valence-electron chi connectivity index (χ0n) is 11.7. The first-order chi connectivity index (χ1) is 8.56. The Kier molecular flexibility index (Phi) is 32.5. The van der Waals surface area contributed by atoms with E-state index in [-0.39, 0.29) is 0 Å². The Morgan fingerprint density at radius 3 is 1.00 bits per heavy atom. The van der Waals surface area contributed by atoms with Gasteiger partial charge in [0.2, 0.25) is 0 Å². The Labute approximate surface area is 109 Å². The Hall–Kier alpha value is -0.245. The minimum atomic E-state index is -2.67. The summed E-state index contributed by atoms with van der Waals surface area (Å²) >= 11 is 0.